The molecule has 1 heterocycles. The van der Waals surface area contributed by atoms with Crippen molar-refractivity contribution < 1.29 is 4.79 Å². The zero-order valence-corrected chi connectivity index (χ0v) is 10.9. The fraction of sp³-hybridized carbons (Fsp3) is 0.923. The molecule has 0 aromatic rings. The molecule has 0 aromatic heterocycles. The van der Waals surface area contributed by atoms with E-state index in [1.807, 2.05) is 4.90 Å². The number of carbonyl (C=O) groups excluding carboxylic acids is 1. The van der Waals surface area contributed by atoms with E-state index < -0.39 is 0 Å². The van der Waals surface area contributed by atoms with Crippen LogP contribution >= 0.6 is 0 Å². The SMILES string of the molecule is CCN(CC1CCCCN1)C(=O)NC1CCC1. The molecule has 0 bridgehead atoms. The van der Waals surface area contributed by atoms with E-state index in [0.717, 1.165) is 32.5 Å². The van der Waals surface area contributed by atoms with E-state index in [1.165, 1.54) is 25.7 Å². The number of urea groups is 1. The van der Waals surface area contributed by atoms with Gasteiger partial charge in [-0.25, -0.2) is 4.79 Å². The summed E-state index contributed by atoms with van der Waals surface area (Å²) in [7, 11) is 0. The third-order valence-corrected chi connectivity index (χ3v) is 3.95. The first-order valence-electron chi connectivity index (χ1n) is 7.08. The molecule has 4 heteroatoms. The summed E-state index contributed by atoms with van der Waals surface area (Å²) >= 11 is 0. The van der Waals surface area contributed by atoms with Gasteiger partial charge < -0.3 is 15.5 Å². The molecule has 2 N–H and O–H groups in total. The number of rotatable bonds is 4. The molecule has 2 fully saturated rings. The number of nitrogens with one attached hydrogen (secondary N) is 2. The summed E-state index contributed by atoms with van der Waals surface area (Å²) in [5, 5.41) is 6.61. The molecule has 1 aliphatic heterocycles. The van der Waals surface area contributed by atoms with E-state index in [2.05, 4.69) is 17.6 Å². The number of hydrogen-bond acceptors (Lipinski definition) is 2. The third kappa shape index (κ3) is 3.60. The molecule has 1 saturated heterocycles. The molecular weight excluding hydrogens is 214 g/mol. The average Bonchev–Trinajstić information content (AvgIpc) is 2.32. The summed E-state index contributed by atoms with van der Waals surface area (Å²) in [5.74, 6) is 0. The minimum Gasteiger partial charge on any atom is -0.335 e. The average molecular weight is 239 g/mol. The molecule has 1 unspecified atom stereocenters. The fourth-order valence-corrected chi connectivity index (χ4v) is 2.52. The second-order valence-electron chi connectivity index (χ2n) is 5.26. The number of amides is 2. The second-order valence-corrected chi connectivity index (χ2v) is 5.26. The van der Waals surface area contributed by atoms with Crippen molar-refractivity contribution in [1.29, 1.82) is 0 Å². The molecule has 0 aromatic carbocycles. The molecule has 1 atom stereocenters. The Morgan fingerprint density at radius 2 is 2.12 bits per heavy atom. The molecule has 17 heavy (non-hydrogen) atoms. The predicted molar refractivity (Wildman–Crippen MR) is 69.1 cm³/mol. The number of piperidine rings is 1. The molecule has 0 spiro atoms. The topological polar surface area (TPSA) is 44.4 Å². The van der Waals surface area contributed by atoms with E-state index in [0.29, 0.717) is 12.1 Å². The Hall–Kier alpha value is -0.770. The Kier molecular flexibility index (Phi) is 4.66. The van der Waals surface area contributed by atoms with Crippen molar-refractivity contribution in [2.45, 2.75) is 57.5 Å². The summed E-state index contributed by atoms with van der Waals surface area (Å²) in [5.41, 5.74) is 0. The van der Waals surface area contributed by atoms with Crippen LogP contribution in [-0.4, -0.2) is 42.6 Å². The summed E-state index contributed by atoms with van der Waals surface area (Å²) in [6.45, 7) is 4.82. The number of nitrogens with zero attached hydrogens (tertiary/aromatic N) is 1. The van der Waals surface area contributed by atoms with Gasteiger partial charge >= 0.3 is 6.03 Å². The van der Waals surface area contributed by atoms with Gasteiger partial charge in [0.25, 0.3) is 0 Å². The maximum absolute atomic E-state index is 12.0. The first-order chi connectivity index (χ1) is 8.29. The Bertz CT molecular complexity index is 247. The quantitative estimate of drug-likeness (QED) is 0.784. The number of carbonyl (C=O) groups is 1. The van der Waals surface area contributed by atoms with Gasteiger partial charge in [-0.15, -0.1) is 0 Å². The summed E-state index contributed by atoms with van der Waals surface area (Å²) in [4.78, 5) is 14.0. The van der Waals surface area contributed by atoms with Gasteiger partial charge in [0.05, 0.1) is 0 Å². The normalized spacial score (nSPS) is 25.1. The van der Waals surface area contributed by atoms with Crippen LogP contribution in [0.15, 0.2) is 0 Å². The van der Waals surface area contributed by atoms with Gasteiger partial charge in [-0.05, 0) is 45.6 Å². The van der Waals surface area contributed by atoms with Gasteiger partial charge in [-0.1, -0.05) is 6.42 Å². The highest BCUT2D eigenvalue weighted by atomic mass is 16.2. The van der Waals surface area contributed by atoms with Crippen LogP contribution < -0.4 is 10.6 Å². The van der Waals surface area contributed by atoms with Crippen molar-refractivity contribution in [1.82, 2.24) is 15.5 Å². The van der Waals surface area contributed by atoms with Crippen molar-refractivity contribution in [3.05, 3.63) is 0 Å². The lowest BCUT2D eigenvalue weighted by Gasteiger charge is -2.33. The largest absolute Gasteiger partial charge is 0.335 e. The first-order valence-corrected chi connectivity index (χ1v) is 7.08. The standard InChI is InChI=1S/C13H25N3O/c1-2-16(10-12-6-3-4-9-14-12)13(17)15-11-7-5-8-11/h11-12,14H,2-10H2,1H3,(H,15,17). The van der Waals surface area contributed by atoms with Gasteiger partial charge in [0.1, 0.15) is 0 Å². The van der Waals surface area contributed by atoms with Crippen molar-refractivity contribution in [2.24, 2.45) is 0 Å². The second kappa shape index (κ2) is 6.24. The summed E-state index contributed by atoms with van der Waals surface area (Å²) < 4.78 is 0. The van der Waals surface area contributed by atoms with Gasteiger partial charge in [0, 0.05) is 25.2 Å². The minimum absolute atomic E-state index is 0.129. The third-order valence-electron chi connectivity index (χ3n) is 3.95. The molecule has 2 amide bonds. The Balaban J connectivity index is 1.75. The van der Waals surface area contributed by atoms with Crippen LogP contribution in [0.2, 0.25) is 0 Å². The monoisotopic (exact) mass is 239 g/mol. The first kappa shape index (κ1) is 12.7. The van der Waals surface area contributed by atoms with Crippen LogP contribution in [0.3, 0.4) is 0 Å². The lowest BCUT2D eigenvalue weighted by molar-refractivity contribution is 0.179. The molecule has 1 aliphatic carbocycles. The van der Waals surface area contributed by atoms with Gasteiger partial charge in [0.15, 0.2) is 0 Å². The van der Waals surface area contributed by atoms with Crippen LogP contribution in [0.25, 0.3) is 0 Å². The maximum atomic E-state index is 12.0. The van der Waals surface area contributed by atoms with Crippen LogP contribution in [0, 0.1) is 0 Å². The highest BCUT2D eigenvalue weighted by Gasteiger charge is 2.24. The molecule has 0 radical (unpaired) electrons. The minimum atomic E-state index is 0.129. The zero-order chi connectivity index (χ0) is 12.1. The fourth-order valence-electron chi connectivity index (χ4n) is 2.52. The highest BCUT2D eigenvalue weighted by Crippen LogP contribution is 2.18. The zero-order valence-electron chi connectivity index (χ0n) is 10.9. The summed E-state index contributed by atoms with van der Waals surface area (Å²) in [6.07, 6.45) is 7.35. The molecule has 1 saturated carbocycles. The molecule has 4 nitrogen and oxygen atoms in total. The molecule has 98 valence electrons. The van der Waals surface area contributed by atoms with Crippen molar-refractivity contribution >= 4 is 6.03 Å². The van der Waals surface area contributed by atoms with Crippen molar-refractivity contribution in [3.63, 3.8) is 0 Å². The lowest BCUT2D eigenvalue weighted by atomic mass is 9.93. The van der Waals surface area contributed by atoms with E-state index in [4.69, 9.17) is 0 Å². The number of likely N-dealkylation sites (N-methyl/N-ethyl adjacent to an activating group) is 1. The van der Waals surface area contributed by atoms with Crippen molar-refractivity contribution in [2.75, 3.05) is 19.6 Å². The van der Waals surface area contributed by atoms with E-state index in [9.17, 15) is 4.79 Å². The number of hydrogen-bond donors (Lipinski definition) is 2. The Morgan fingerprint density at radius 3 is 2.65 bits per heavy atom. The van der Waals surface area contributed by atoms with Gasteiger partial charge in [0.2, 0.25) is 0 Å². The van der Waals surface area contributed by atoms with Crippen molar-refractivity contribution in [3.8, 4) is 0 Å². The van der Waals surface area contributed by atoms with Gasteiger partial charge in [-0.3, -0.25) is 0 Å². The highest BCUT2D eigenvalue weighted by molar-refractivity contribution is 5.74. The molecule has 2 rings (SSSR count). The molecule has 2 aliphatic rings. The van der Waals surface area contributed by atoms with Crippen LogP contribution in [0.1, 0.15) is 45.4 Å². The Labute approximate surface area is 104 Å². The smallest absolute Gasteiger partial charge is 0.317 e. The van der Waals surface area contributed by atoms with Crippen LogP contribution in [0.4, 0.5) is 4.79 Å². The van der Waals surface area contributed by atoms with E-state index >= 15 is 0 Å². The molecular formula is C13H25N3O. The van der Waals surface area contributed by atoms with Gasteiger partial charge in [-0.2, -0.15) is 0 Å². The summed E-state index contributed by atoms with van der Waals surface area (Å²) in [6, 6.07) is 1.07. The predicted octanol–water partition coefficient (Wildman–Crippen LogP) is 1.71. The Morgan fingerprint density at radius 1 is 1.29 bits per heavy atom. The van der Waals surface area contributed by atoms with Crippen LogP contribution in [-0.2, 0) is 0 Å². The van der Waals surface area contributed by atoms with Crippen LogP contribution in [0.5, 0.6) is 0 Å². The lowest BCUT2D eigenvalue weighted by Crippen LogP contribution is -2.51. The van der Waals surface area contributed by atoms with E-state index in [-0.39, 0.29) is 6.03 Å². The maximum Gasteiger partial charge on any atom is 0.317 e. The van der Waals surface area contributed by atoms with E-state index in [1.54, 1.807) is 0 Å².